The minimum atomic E-state index is -1.42. The number of hydrogen-bond acceptors (Lipinski definition) is 12. The molecule has 2 aliphatic rings. The molecule has 0 bridgehead atoms. The molecule has 7 N–H and O–H groups in total. The highest BCUT2D eigenvalue weighted by Gasteiger charge is 2.47. The summed E-state index contributed by atoms with van der Waals surface area (Å²) in [6, 6.07) is 7.65. The number of ether oxygens (including phenoxy) is 1. The molecular weight excluding hydrogens is 534 g/mol. The molecule has 15 nitrogen and oxygen atoms in total. The maximum atomic E-state index is 12.3. The summed E-state index contributed by atoms with van der Waals surface area (Å²) in [6.07, 6.45) is -3.72. The highest BCUT2D eigenvalue weighted by atomic mass is 16.6. The molecule has 0 radical (unpaired) electrons. The number of anilines is 3. The summed E-state index contributed by atoms with van der Waals surface area (Å²) in [6.45, 7) is 6.83. The molecular formula is C26H35N9O6. The van der Waals surface area contributed by atoms with Crippen LogP contribution in [0.4, 0.5) is 17.5 Å². The van der Waals surface area contributed by atoms with Crippen LogP contribution in [0.3, 0.4) is 0 Å². The largest absolute Gasteiger partial charge is 0.481 e. The number of carbonyl (C=O) groups is 2. The van der Waals surface area contributed by atoms with Gasteiger partial charge in [0.05, 0.1) is 12.7 Å². The van der Waals surface area contributed by atoms with E-state index in [9.17, 15) is 19.8 Å². The normalized spacial score (nSPS) is 23.1. The van der Waals surface area contributed by atoms with Crippen molar-refractivity contribution in [3.05, 3.63) is 36.2 Å². The van der Waals surface area contributed by atoms with Gasteiger partial charge >= 0.3 is 5.97 Å². The standard InChI is InChI=1S/C26H35N9O6/c1-2-28-24(40)21-19(38)20(39)25(41-21)35-14-30-18-22(27)31-26(32-23(18)35)29-7-8-33-9-11-34(12-10-33)16-5-3-15(4-6-16)13-17(36)37/h3-6,14,19-21,25,38-39H,2,7-13H2,1H3,(H,28,40)(H,36,37)(H3,27,29,31,32)/t19-,20+,21-,25+/m0/s1. The monoisotopic (exact) mass is 569 g/mol. The van der Waals surface area contributed by atoms with Crippen molar-refractivity contribution in [2.24, 2.45) is 0 Å². The number of carboxylic acids is 1. The molecule has 2 fully saturated rings. The van der Waals surface area contributed by atoms with Crippen molar-refractivity contribution < 1.29 is 29.6 Å². The lowest BCUT2D eigenvalue weighted by Gasteiger charge is -2.36. The lowest BCUT2D eigenvalue weighted by atomic mass is 10.1. The van der Waals surface area contributed by atoms with Crippen LogP contribution in [0, 0.1) is 0 Å². The van der Waals surface area contributed by atoms with Crippen molar-refractivity contribution in [3.8, 4) is 0 Å². The number of aliphatic hydroxyl groups excluding tert-OH is 2. The quantitative estimate of drug-likeness (QED) is 0.174. The third-order valence-corrected chi connectivity index (χ3v) is 7.31. The second-order valence-electron chi connectivity index (χ2n) is 10.1. The van der Waals surface area contributed by atoms with E-state index in [0.29, 0.717) is 24.3 Å². The molecule has 41 heavy (non-hydrogen) atoms. The van der Waals surface area contributed by atoms with Gasteiger partial charge in [-0.1, -0.05) is 12.1 Å². The second kappa shape index (κ2) is 12.2. The van der Waals surface area contributed by atoms with Crippen molar-refractivity contribution in [1.82, 2.24) is 29.7 Å². The molecule has 2 aliphatic heterocycles. The first-order chi connectivity index (χ1) is 19.7. The van der Waals surface area contributed by atoms with Crippen LogP contribution in [0.1, 0.15) is 18.7 Å². The molecule has 1 aromatic carbocycles. The number of fused-ring (bicyclic) bond motifs is 1. The first kappa shape index (κ1) is 28.5. The summed E-state index contributed by atoms with van der Waals surface area (Å²) in [5, 5.41) is 35.7. The van der Waals surface area contributed by atoms with Gasteiger partial charge in [-0.15, -0.1) is 0 Å². The Labute approximate surface area is 235 Å². The molecule has 2 aromatic heterocycles. The molecule has 0 aliphatic carbocycles. The number of carbonyl (C=O) groups excluding carboxylic acids is 1. The van der Waals surface area contributed by atoms with Crippen molar-refractivity contribution in [2.75, 3.05) is 61.8 Å². The van der Waals surface area contributed by atoms with Crippen LogP contribution in [-0.4, -0.2) is 116 Å². The Balaban J connectivity index is 1.17. The molecule has 0 unspecified atom stereocenters. The lowest BCUT2D eigenvalue weighted by Crippen LogP contribution is -2.47. The number of rotatable bonds is 10. The Hall–Kier alpha value is -4.05. The Morgan fingerprint density at radius 1 is 1.10 bits per heavy atom. The van der Waals surface area contributed by atoms with Crippen LogP contribution in [0.15, 0.2) is 30.6 Å². The van der Waals surface area contributed by atoms with Crippen LogP contribution < -0.4 is 21.3 Å². The van der Waals surface area contributed by atoms with Gasteiger partial charge in [0.15, 0.2) is 23.8 Å². The first-order valence-electron chi connectivity index (χ1n) is 13.6. The number of imidazole rings is 1. The Morgan fingerprint density at radius 3 is 2.51 bits per heavy atom. The number of nitrogens with two attached hydrogens (primary N) is 1. The number of piperazine rings is 1. The van der Waals surface area contributed by atoms with E-state index in [4.69, 9.17) is 15.6 Å². The number of nitrogens with zero attached hydrogens (tertiary/aromatic N) is 6. The van der Waals surface area contributed by atoms with Crippen molar-refractivity contribution in [3.63, 3.8) is 0 Å². The molecule has 2 saturated heterocycles. The first-order valence-corrected chi connectivity index (χ1v) is 13.6. The van der Waals surface area contributed by atoms with E-state index in [2.05, 4.69) is 35.4 Å². The van der Waals surface area contributed by atoms with Gasteiger partial charge < -0.3 is 41.3 Å². The summed E-state index contributed by atoms with van der Waals surface area (Å²) < 4.78 is 7.15. The van der Waals surface area contributed by atoms with Gasteiger partial charge in [-0.2, -0.15) is 9.97 Å². The maximum absolute atomic E-state index is 12.3. The fraction of sp³-hybridized carbons (Fsp3) is 0.500. The average Bonchev–Trinajstić information content (AvgIpc) is 3.50. The minimum absolute atomic E-state index is 0.0172. The van der Waals surface area contributed by atoms with E-state index in [1.807, 2.05) is 24.3 Å². The van der Waals surface area contributed by atoms with Crippen LogP contribution >= 0.6 is 0 Å². The molecule has 15 heteroatoms. The van der Waals surface area contributed by atoms with Gasteiger partial charge in [0.25, 0.3) is 5.91 Å². The van der Waals surface area contributed by atoms with Crippen molar-refractivity contribution >= 4 is 40.5 Å². The summed E-state index contributed by atoms with van der Waals surface area (Å²) in [4.78, 5) is 40.8. The molecule has 220 valence electrons. The van der Waals surface area contributed by atoms with E-state index in [0.717, 1.165) is 44.0 Å². The zero-order chi connectivity index (χ0) is 29.1. The third kappa shape index (κ3) is 6.17. The Bertz CT molecular complexity index is 1380. The number of nitrogens with one attached hydrogen (secondary N) is 2. The zero-order valence-electron chi connectivity index (χ0n) is 22.7. The topological polar surface area (TPSA) is 204 Å². The van der Waals surface area contributed by atoms with E-state index < -0.39 is 36.4 Å². The summed E-state index contributed by atoms with van der Waals surface area (Å²) in [7, 11) is 0. The second-order valence-corrected chi connectivity index (χ2v) is 10.1. The molecule has 4 atom stereocenters. The SMILES string of the molecule is CCNC(=O)[C@H]1O[C@@H](n2cnc3c(N)nc(NCCN4CCN(c5ccc(CC(=O)O)cc5)CC4)nc32)[C@H](O)[C@@H]1O. The number of aliphatic carboxylic acids is 1. The van der Waals surface area contributed by atoms with Crippen LogP contribution in [0.5, 0.6) is 0 Å². The fourth-order valence-corrected chi connectivity index (χ4v) is 5.14. The molecule has 5 rings (SSSR count). The number of hydrogen-bond donors (Lipinski definition) is 6. The van der Waals surface area contributed by atoms with E-state index in [1.54, 1.807) is 6.92 Å². The maximum Gasteiger partial charge on any atom is 0.307 e. The van der Waals surface area contributed by atoms with Gasteiger partial charge in [-0.05, 0) is 24.6 Å². The molecule has 4 heterocycles. The van der Waals surface area contributed by atoms with E-state index in [-0.39, 0.29) is 18.2 Å². The number of aromatic nitrogens is 4. The predicted octanol–water partition coefficient (Wildman–Crippen LogP) is -0.975. The number of amides is 1. The third-order valence-electron chi connectivity index (χ3n) is 7.31. The number of benzene rings is 1. The number of nitrogen functional groups attached to an aromatic ring is 1. The Morgan fingerprint density at radius 2 is 1.83 bits per heavy atom. The van der Waals surface area contributed by atoms with Crippen LogP contribution in [-0.2, 0) is 20.7 Å². The van der Waals surface area contributed by atoms with E-state index in [1.165, 1.54) is 10.9 Å². The summed E-state index contributed by atoms with van der Waals surface area (Å²) >= 11 is 0. The number of aliphatic hydroxyl groups is 2. The smallest absolute Gasteiger partial charge is 0.307 e. The average molecular weight is 570 g/mol. The van der Waals surface area contributed by atoms with Gasteiger partial charge in [-0.25, -0.2) is 4.98 Å². The van der Waals surface area contributed by atoms with Gasteiger partial charge in [0, 0.05) is 51.5 Å². The molecule has 0 spiro atoms. The zero-order valence-corrected chi connectivity index (χ0v) is 22.7. The van der Waals surface area contributed by atoms with Crippen molar-refractivity contribution in [1.29, 1.82) is 0 Å². The Kier molecular flexibility index (Phi) is 8.49. The predicted molar refractivity (Wildman–Crippen MR) is 149 cm³/mol. The van der Waals surface area contributed by atoms with Crippen LogP contribution in [0.25, 0.3) is 11.2 Å². The number of likely N-dealkylation sites (N-methyl/N-ethyl adjacent to an activating group) is 1. The molecule has 1 amide bonds. The van der Waals surface area contributed by atoms with Gasteiger partial charge in [0.1, 0.15) is 17.7 Å². The molecule has 0 saturated carbocycles. The summed E-state index contributed by atoms with van der Waals surface area (Å²) in [5.74, 6) is -0.930. The molecule has 3 aromatic rings. The summed E-state index contributed by atoms with van der Waals surface area (Å²) in [5.41, 5.74) is 8.61. The van der Waals surface area contributed by atoms with Crippen molar-refractivity contribution in [2.45, 2.75) is 37.9 Å². The number of carboxylic acid groups (broad SMARTS) is 1. The van der Waals surface area contributed by atoms with Crippen LogP contribution in [0.2, 0.25) is 0 Å². The fourth-order valence-electron chi connectivity index (χ4n) is 5.14. The minimum Gasteiger partial charge on any atom is -0.481 e. The van der Waals surface area contributed by atoms with E-state index >= 15 is 0 Å². The highest BCUT2D eigenvalue weighted by Crippen LogP contribution is 2.32. The van der Waals surface area contributed by atoms with Gasteiger partial charge in [0.2, 0.25) is 5.95 Å². The lowest BCUT2D eigenvalue weighted by molar-refractivity contribution is -0.137. The van der Waals surface area contributed by atoms with Gasteiger partial charge in [-0.3, -0.25) is 19.1 Å². The highest BCUT2D eigenvalue weighted by molar-refractivity contribution is 5.83.